The molecule has 0 bridgehead atoms. The molecule has 72 valence electrons. The van der Waals surface area contributed by atoms with Crippen molar-refractivity contribution in [3.05, 3.63) is 57.5 Å². The van der Waals surface area contributed by atoms with Gasteiger partial charge in [0.1, 0.15) is 5.82 Å². The van der Waals surface area contributed by atoms with Gasteiger partial charge in [-0.15, -0.1) is 11.3 Å². The SMILES string of the molecule is Cc1sccc1Cc1ccc(F)cc1. The van der Waals surface area contributed by atoms with Gasteiger partial charge in [0.25, 0.3) is 0 Å². The van der Waals surface area contributed by atoms with E-state index in [1.807, 2.05) is 12.1 Å². The van der Waals surface area contributed by atoms with E-state index in [0.717, 1.165) is 12.0 Å². The third kappa shape index (κ3) is 2.02. The number of rotatable bonds is 2. The highest BCUT2D eigenvalue weighted by Crippen LogP contribution is 2.18. The largest absolute Gasteiger partial charge is 0.207 e. The van der Waals surface area contributed by atoms with Gasteiger partial charge in [-0.2, -0.15) is 0 Å². The molecular formula is C12H11FS. The summed E-state index contributed by atoms with van der Waals surface area (Å²) in [6.07, 6.45) is 0.898. The minimum absolute atomic E-state index is 0.171. The highest BCUT2D eigenvalue weighted by atomic mass is 32.1. The van der Waals surface area contributed by atoms with Crippen molar-refractivity contribution in [3.8, 4) is 0 Å². The molecule has 2 heteroatoms. The summed E-state index contributed by atoms with van der Waals surface area (Å²) in [5.74, 6) is -0.171. The fraction of sp³-hybridized carbons (Fsp3) is 0.167. The predicted molar refractivity (Wildman–Crippen MR) is 58.3 cm³/mol. The van der Waals surface area contributed by atoms with E-state index < -0.39 is 0 Å². The van der Waals surface area contributed by atoms with Crippen molar-refractivity contribution < 1.29 is 4.39 Å². The van der Waals surface area contributed by atoms with E-state index >= 15 is 0 Å². The standard InChI is InChI=1S/C12H11FS/c1-9-11(6-7-14-9)8-10-2-4-12(13)5-3-10/h2-7H,8H2,1H3. The summed E-state index contributed by atoms with van der Waals surface area (Å²) >= 11 is 1.75. The van der Waals surface area contributed by atoms with Crippen LogP contribution in [0.3, 0.4) is 0 Å². The van der Waals surface area contributed by atoms with E-state index in [9.17, 15) is 4.39 Å². The number of hydrogen-bond acceptors (Lipinski definition) is 1. The van der Waals surface area contributed by atoms with Crippen LogP contribution in [-0.2, 0) is 6.42 Å². The number of hydrogen-bond donors (Lipinski definition) is 0. The second-order valence-corrected chi connectivity index (χ2v) is 4.43. The van der Waals surface area contributed by atoms with Crippen molar-refractivity contribution in [3.63, 3.8) is 0 Å². The van der Waals surface area contributed by atoms with Crippen LogP contribution < -0.4 is 0 Å². The third-order valence-corrected chi connectivity index (χ3v) is 3.16. The van der Waals surface area contributed by atoms with E-state index in [1.54, 1.807) is 11.3 Å². The molecule has 0 saturated heterocycles. The van der Waals surface area contributed by atoms with Gasteiger partial charge < -0.3 is 0 Å². The molecule has 0 atom stereocenters. The molecule has 1 aromatic heterocycles. The maximum absolute atomic E-state index is 12.6. The topological polar surface area (TPSA) is 0 Å². The Labute approximate surface area is 87.0 Å². The Balaban J connectivity index is 2.19. The number of thiophene rings is 1. The Morgan fingerprint density at radius 3 is 2.43 bits per heavy atom. The minimum Gasteiger partial charge on any atom is -0.207 e. The van der Waals surface area contributed by atoms with Gasteiger partial charge >= 0.3 is 0 Å². The molecule has 0 aliphatic carbocycles. The zero-order valence-electron chi connectivity index (χ0n) is 7.96. The Morgan fingerprint density at radius 2 is 1.86 bits per heavy atom. The quantitative estimate of drug-likeness (QED) is 0.701. The lowest BCUT2D eigenvalue weighted by molar-refractivity contribution is 0.627. The van der Waals surface area contributed by atoms with Crippen LogP contribution in [0.4, 0.5) is 4.39 Å². The summed E-state index contributed by atoms with van der Waals surface area (Å²) in [6, 6.07) is 8.83. The molecular weight excluding hydrogens is 195 g/mol. The van der Waals surface area contributed by atoms with Crippen LogP contribution in [0.25, 0.3) is 0 Å². The molecule has 0 spiro atoms. The second-order valence-electron chi connectivity index (χ2n) is 3.31. The Kier molecular flexibility index (Phi) is 2.64. The fourth-order valence-corrected chi connectivity index (χ4v) is 2.14. The average Bonchev–Trinajstić information content (AvgIpc) is 2.56. The first-order chi connectivity index (χ1) is 6.75. The monoisotopic (exact) mass is 206 g/mol. The lowest BCUT2D eigenvalue weighted by atomic mass is 10.1. The normalized spacial score (nSPS) is 10.4. The summed E-state index contributed by atoms with van der Waals surface area (Å²) in [5.41, 5.74) is 2.49. The molecule has 0 radical (unpaired) electrons. The second kappa shape index (κ2) is 3.93. The van der Waals surface area contributed by atoms with Gasteiger partial charge in [0.2, 0.25) is 0 Å². The van der Waals surface area contributed by atoms with Crippen molar-refractivity contribution in [2.24, 2.45) is 0 Å². The van der Waals surface area contributed by atoms with Crippen LogP contribution in [0.15, 0.2) is 35.7 Å². The van der Waals surface area contributed by atoms with Gasteiger partial charge in [-0.25, -0.2) is 4.39 Å². The van der Waals surface area contributed by atoms with Crippen LogP contribution in [0, 0.1) is 12.7 Å². The van der Waals surface area contributed by atoms with E-state index in [4.69, 9.17) is 0 Å². The lowest BCUT2D eigenvalue weighted by Crippen LogP contribution is -1.87. The predicted octanol–water partition coefficient (Wildman–Crippen LogP) is 3.79. The summed E-state index contributed by atoms with van der Waals surface area (Å²) in [5, 5.41) is 2.09. The van der Waals surface area contributed by atoms with Crippen LogP contribution in [0.5, 0.6) is 0 Å². The molecule has 0 saturated carbocycles. The smallest absolute Gasteiger partial charge is 0.123 e. The van der Waals surface area contributed by atoms with Gasteiger partial charge in [0, 0.05) is 4.88 Å². The summed E-state index contributed by atoms with van der Waals surface area (Å²) < 4.78 is 12.6. The first-order valence-corrected chi connectivity index (χ1v) is 5.41. The Hall–Kier alpha value is -1.15. The maximum atomic E-state index is 12.6. The van der Waals surface area contributed by atoms with E-state index in [-0.39, 0.29) is 5.82 Å². The van der Waals surface area contributed by atoms with Crippen molar-refractivity contribution in [1.82, 2.24) is 0 Å². The molecule has 0 aliphatic heterocycles. The average molecular weight is 206 g/mol. The minimum atomic E-state index is -0.171. The summed E-state index contributed by atoms with van der Waals surface area (Å²) in [6.45, 7) is 2.11. The molecule has 14 heavy (non-hydrogen) atoms. The maximum Gasteiger partial charge on any atom is 0.123 e. The van der Waals surface area contributed by atoms with Crippen LogP contribution in [-0.4, -0.2) is 0 Å². The zero-order chi connectivity index (χ0) is 9.97. The molecule has 0 fully saturated rings. The van der Waals surface area contributed by atoms with Gasteiger partial charge in [-0.1, -0.05) is 12.1 Å². The molecule has 0 aliphatic rings. The fourth-order valence-electron chi connectivity index (χ4n) is 1.42. The molecule has 0 unspecified atom stereocenters. The van der Waals surface area contributed by atoms with Crippen molar-refractivity contribution in [2.45, 2.75) is 13.3 Å². The molecule has 0 N–H and O–H groups in total. The highest BCUT2D eigenvalue weighted by molar-refractivity contribution is 7.10. The van der Waals surface area contributed by atoms with E-state index in [1.165, 1.54) is 22.6 Å². The van der Waals surface area contributed by atoms with Gasteiger partial charge in [0.05, 0.1) is 0 Å². The van der Waals surface area contributed by atoms with Crippen molar-refractivity contribution in [2.75, 3.05) is 0 Å². The van der Waals surface area contributed by atoms with Gasteiger partial charge in [0.15, 0.2) is 0 Å². The van der Waals surface area contributed by atoms with Crippen molar-refractivity contribution in [1.29, 1.82) is 0 Å². The molecule has 1 heterocycles. The summed E-state index contributed by atoms with van der Waals surface area (Å²) in [7, 11) is 0. The van der Waals surface area contributed by atoms with Crippen LogP contribution >= 0.6 is 11.3 Å². The third-order valence-electron chi connectivity index (χ3n) is 2.27. The molecule has 0 nitrogen and oxygen atoms in total. The first kappa shape index (κ1) is 9.41. The lowest BCUT2D eigenvalue weighted by Gasteiger charge is -2.00. The number of benzene rings is 1. The van der Waals surface area contributed by atoms with E-state index in [2.05, 4.69) is 18.4 Å². The van der Waals surface area contributed by atoms with Crippen molar-refractivity contribution >= 4 is 11.3 Å². The highest BCUT2D eigenvalue weighted by Gasteiger charge is 2.00. The zero-order valence-corrected chi connectivity index (χ0v) is 8.77. The van der Waals surface area contributed by atoms with Gasteiger partial charge in [-0.3, -0.25) is 0 Å². The molecule has 0 amide bonds. The van der Waals surface area contributed by atoms with Crippen LogP contribution in [0.2, 0.25) is 0 Å². The van der Waals surface area contributed by atoms with Gasteiger partial charge in [-0.05, 0) is 48.1 Å². The summed E-state index contributed by atoms with van der Waals surface area (Å²) in [4.78, 5) is 1.34. The molecule has 1 aromatic carbocycles. The Morgan fingerprint density at radius 1 is 1.14 bits per heavy atom. The van der Waals surface area contributed by atoms with Crippen LogP contribution in [0.1, 0.15) is 16.0 Å². The molecule has 2 aromatic rings. The van der Waals surface area contributed by atoms with E-state index in [0.29, 0.717) is 0 Å². The number of halogens is 1. The Bertz CT molecular complexity index is 414. The molecule has 2 rings (SSSR count). The number of aryl methyl sites for hydroxylation is 1. The first-order valence-electron chi connectivity index (χ1n) is 4.53.